The Balaban J connectivity index is 1.81. The molecule has 6 nitrogen and oxygen atoms in total. The molecule has 33 heavy (non-hydrogen) atoms. The normalized spacial score (nSPS) is 24.9. The van der Waals surface area contributed by atoms with E-state index < -0.39 is 48.5 Å². The van der Waals surface area contributed by atoms with Gasteiger partial charge in [0.15, 0.2) is 5.82 Å². The summed E-state index contributed by atoms with van der Waals surface area (Å²) in [5.41, 5.74) is -0.917. The van der Waals surface area contributed by atoms with E-state index >= 15 is 0 Å². The van der Waals surface area contributed by atoms with Gasteiger partial charge in [-0.1, -0.05) is 6.58 Å². The highest BCUT2D eigenvalue weighted by Crippen LogP contribution is 2.37. The summed E-state index contributed by atoms with van der Waals surface area (Å²) in [6, 6.07) is -1.23. The van der Waals surface area contributed by atoms with Crippen molar-refractivity contribution in [1.82, 2.24) is 15.0 Å². The van der Waals surface area contributed by atoms with Gasteiger partial charge in [0.25, 0.3) is 0 Å². The third-order valence-corrected chi connectivity index (χ3v) is 5.34. The Morgan fingerprint density at radius 1 is 0.970 bits per heavy atom. The molecule has 0 aromatic carbocycles. The lowest BCUT2D eigenvalue weighted by Gasteiger charge is -2.17. The van der Waals surface area contributed by atoms with Crippen molar-refractivity contribution in [2.75, 3.05) is 10.6 Å². The number of halogens is 7. The van der Waals surface area contributed by atoms with Crippen molar-refractivity contribution in [3.8, 4) is 0 Å². The summed E-state index contributed by atoms with van der Waals surface area (Å²) in [7, 11) is 0. The van der Waals surface area contributed by atoms with Crippen molar-refractivity contribution in [3.63, 3.8) is 0 Å². The highest BCUT2D eigenvalue weighted by molar-refractivity contribution is 6.07. The third-order valence-electron chi connectivity index (χ3n) is 5.34. The summed E-state index contributed by atoms with van der Waals surface area (Å²) in [6.45, 7) is 4.52. The van der Waals surface area contributed by atoms with Crippen LogP contribution < -0.4 is 10.6 Å². The zero-order valence-electron chi connectivity index (χ0n) is 17.7. The molecule has 1 heterocycles. The van der Waals surface area contributed by atoms with E-state index in [1.165, 1.54) is 0 Å². The second kappa shape index (κ2) is 9.26. The minimum Gasteiger partial charge on any atom is -0.351 e. The Kier molecular flexibility index (Phi) is 6.99. The van der Waals surface area contributed by atoms with Crippen LogP contribution in [0.4, 0.5) is 42.6 Å². The number of nitrogens with zero attached hydrogens (tertiary/aromatic N) is 4. The van der Waals surface area contributed by atoms with Gasteiger partial charge in [0.05, 0.1) is 0 Å². The molecule has 0 bridgehead atoms. The van der Waals surface area contributed by atoms with Gasteiger partial charge in [-0.15, -0.1) is 0 Å². The Morgan fingerprint density at radius 3 is 1.85 bits per heavy atom. The lowest BCUT2D eigenvalue weighted by Crippen LogP contribution is -2.24. The number of alkyl halides is 7. The molecule has 1 aromatic heterocycles. The minimum atomic E-state index is -4.54. The minimum absolute atomic E-state index is 0.0169. The third kappa shape index (κ3) is 7.13. The lowest BCUT2D eigenvalue weighted by atomic mass is 10.2. The molecular formula is C20H23F7N6. The molecule has 2 aliphatic carbocycles. The van der Waals surface area contributed by atoms with E-state index in [0.29, 0.717) is 6.20 Å². The van der Waals surface area contributed by atoms with E-state index in [9.17, 15) is 30.7 Å². The molecule has 182 valence electrons. The SMILES string of the molecule is C=C(C=N/C=C(\C)C(F)(F)F)c1nc(N[C@@H]2CCC(F)(F)C2)nc(N[C@@H]2CCC(F)(F)C2)n1. The highest BCUT2D eigenvalue weighted by atomic mass is 19.4. The molecule has 0 saturated heterocycles. The molecule has 0 aliphatic heterocycles. The van der Waals surface area contributed by atoms with Crippen molar-refractivity contribution >= 4 is 23.7 Å². The van der Waals surface area contributed by atoms with E-state index in [-0.39, 0.29) is 49.0 Å². The van der Waals surface area contributed by atoms with Crippen LogP contribution in [0, 0.1) is 0 Å². The number of nitrogens with one attached hydrogen (secondary N) is 2. The molecule has 0 spiro atoms. The molecular weight excluding hydrogens is 457 g/mol. The first-order valence-corrected chi connectivity index (χ1v) is 10.2. The fourth-order valence-electron chi connectivity index (χ4n) is 3.53. The summed E-state index contributed by atoms with van der Waals surface area (Å²) in [5, 5.41) is 5.58. The van der Waals surface area contributed by atoms with Crippen LogP contribution in [0.5, 0.6) is 0 Å². The average molecular weight is 480 g/mol. The number of aromatic nitrogens is 3. The molecule has 0 amide bonds. The number of allylic oxidation sites excluding steroid dienone is 2. The van der Waals surface area contributed by atoms with Crippen molar-refractivity contribution in [1.29, 1.82) is 0 Å². The van der Waals surface area contributed by atoms with Crippen LogP contribution in [-0.4, -0.2) is 51.3 Å². The smallest absolute Gasteiger partial charge is 0.351 e. The van der Waals surface area contributed by atoms with Gasteiger partial charge in [0.1, 0.15) is 0 Å². The van der Waals surface area contributed by atoms with Gasteiger partial charge < -0.3 is 10.6 Å². The predicted molar refractivity (Wildman–Crippen MR) is 110 cm³/mol. The summed E-state index contributed by atoms with van der Waals surface area (Å²) < 4.78 is 91.8. The molecule has 2 fully saturated rings. The summed E-state index contributed by atoms with van der Waals surface area (Å²) in [5.74, 6) is -5.88. The number of rotatable bonds is 7. The first kappa shape index (κ1) is 24.9. The van der Waals surface area contributed by atoms with Gasteiger partial charge in [-0.25, -0.2) is 17.6 Å². The zero-order valence-corrected chi connectivity index (χ0v) is 17.7. The van der Waals surface area contributed by atoms with Crippen LogP contribution in [-0.2, 0) is 0 Å². The van der Waals surface area contributed by atoms with Crippen LogP contribution in [0.3, 0.4) is 0 Å². The number of hydrogen-bond donors (Lipinski definition) is 2. The van der Waals surface area contributed by atoms with Crippen LogP contribution in [0.2, 0.25) is 0 Å². The van der Waals surface area contributed by atoms with Crippen molar-refractivity contribution in [2.24, 2.45) is 4.99 Å². The Morgan fingerprint density at radius 2 is 1.45 bits per heavy atom. The van der Waals surface area contributed by atoms with Crippen molar-refractivity contribution in [3.05, 3.63) is 24.2 Å². The van der Waals surface area contributed by atoms with Gasteiger partial charge in [-0.05, 0) is 19.8 Å². The van der Waals surface area contributed by atoms with E-state index in [1.54, 1.807) is 0 Å². The standard InChI is InChI=1S/C20H23F7N6/c1-11(9-28-10-12(2)20(25,26)27)15-31-16(29-13-3-5-18(21,22)7-13)33-17(32-15)30-14-4-6-19(23,24)8-14/h9-10,13-14H,1,3-8H2,2H3,(H2,29,30,31,32,33)/b12-10+,28-9?/t13-,14-/m1/s1. The maximum absolute atomic E-state index is 13.5. The van der Waals surface area contributed by atoms with Crippen LogP contribution in [0.15, 0.2) is 23.3 Å². The lowest BCUT2D eigenvalue weighted by molar-refractivity contribution is -0.0914. The number of aliphatic imine (C=N–C) groups is 1. The highest BCUT2D eigenvalue weighted by Gasteiger charge is 2.41. The van der Waals surface area contributed by atoms with Gasteiger partial charge in [0.2, 0.25) is 23.7 Å². The number of hydrogen-bond acceptors (Lipinski definition) is 6. The monoisotopic (exact) mass is 480 g/mol. The number of anilines is 2. The Labute approximate surface area is 185 Å². The van der Waals surface area contributed by atoms with Crippen molar-refractivity contribution < 1.29 is 30.7 Å². The van der Waals surface area contributed by atoms with Crippen molar-refractivity contribution in [2.45, 2.75) is 75.6 Å². The molecule has 13 heteroatoms. The topological polar surface area (TPSA) is 75.1 Å². The Hall–Kier alpha value is -2.73. The van der Waals surface area contributed by atoms with E-state index in [2.05, 4.69) is 37.2 Å². The first-order chi connectivity index (χ1) is 15.2. The zero-order chi connectivity index (χ0) is 24.4. The molecule has 0 unspecified atom stereocenters. The van der Waals surface area contributed by atoms with Gasteiger partial charge in [-0.2, -0.15) is 28.1 Å². The van der Waals surface area contributed by atoms with Gasteiger partial charge in [0, 0.05) is 61.3 Å². The van der Waals surface area contributed by atoms with E-state index in [1.807, 2.05) is 0 Å². The average Bonchev–Trinajstić information content (AvgIpc) is 3.20. The second-order valence-corrected chi connectivity index (χ2v) is 8.30. The molecule has 2 aliphatic rings. The maximum Gasteiger partial charge on any atom is 0.413 e. The van der Waals surface area contributed by atoms with Gasteiger partial charge >= 0.3 is 6.18 Å². The van der Waals surface area contributed by atoms with E-state index in [4.69, 9.17) is 0 Å². The summed E-state index contributed by atoms with van der Waals surface area (Å²) >= 11 is 0. The summed E-state index contributed by atoms with van der Waals surface area (Å²) in [6.07, 6.45) is -4.01. The fourth-order valence-corrected chi connectivity index (χ4v) is 3.53. The molecule has 0 radical (unpaired) electrons. The second-order valence-electron chi connectivity index (χ2n) is 8.30. The van der Waals surface area contributed by atoms with Gasteiger partial charge in [-0.3, -0.25) is 4.99 Å². The molecule has 2 atom stereocenters. The first-order valence-electron chi connectivity index (χ1n) is 10.2. The molecule has 3 rings (SSSR count). The molecule has 2 saturated carbocycles. The van der Waals surface area contributed by atoms with E-state index in [0.717, 1.165) is 13.1 Å². The Bertz CT molecular complexity index is 895. The largest absolute Gasteiger partial charge is 0.413 e. The maximum atomic E-state index is 13.5. The summed E-state index contributed by atoms with van der Waals surface area (Å²) in [4.78, 5) is 15.9. The van der Waals surface area contributed by atoms with Crippen LogP contribution in [0.25, 0.3) is 5.57 Å². The molecule has 1 aromatic rings. The predicted octanol–water partition coefficient (Wildman–Crippen LogP) is 5.62. The fraction of sp³-hybridized carbons (Fsp3) is 0.600. The van der Waals surface area contributed by atoms with Crippen LogP contribution in [0.1, 0.15) is 51.3 Å². The molecule has 2 N–H and O–H groups in total. The quantitative estimate of drug-likeness (QED) is 0.391. The van der Waals surface area contributed by atoms with Crippen LogP contribution >= 0.6 is 0 Å².